The molecule has 2 aromatic heterocycles. The maximum Gasteiger partial charge on any atom is 0.271 e. The number of aliphatic hydroxyl groups excluding tert-OH is 1. The lowest BCUT2D eigenvalue weighted by Gasteiger charge is -2.18. The molecule has 130 valence electrons. The zero-order valence-corrected chi connectivity index (χ0v) is 14.7. The van der Waals surface area contributed by atoms with E-state index in [1.54, 1.807) is 0 Å². The molecule has 3 aromatic rings. The van der Waals surface area contributed by atoms with Gasteiger partial charge in [0.1, 0.15) is 5.39 Å². The fourth-order valence-electron chi connectivity index (χ4n) is 3.49. The number of aliphatic hydroxyl groups is 1. The van der Waals surface area contributed by atoms with Crippen LogP contribution >= 0.6 is 11.5 Å². The topological polar surface area (TPSA) is 89.2 Å². The van der Waals surface area contributed by atoms with Crippen molar-refractivity contribution >= 4 is 27.3 Å². The Hall–Kier alpha value is -2.38. The van der Waals surface area contributed by atoms with E-state index in [0.29, 0.717) is 6.54 Å². The normalized spacial score (nSPS) is 17.5. The maximum absolute atomic E-state index is 12.3. The van der Waals surface area contributed by atoms with E-state index < -0.39 is 0 Å². The van der Waals surface area contributed by atoms with Crippen molar-refractivity contribution in [3.63, 3.8) is 0 Å². The van der Waals surface area contributed by atoms with Gasteiger partial charge in [0.15, 0.2) is 0 Å². The molecule has 3 heterocycles. The molecule has 6 nitrogen and oxygen atoms in total. The number of rotatable bonds is 3. The van der Waals surface area contributed by atoms with Crippen LogP contribution in [0.3, 0.4) is 0 Å². The summed E-state index contributed by atoms with van der Waals surface area (Å²) in [6, 6.07) is 7.97. The van der Waals surface area contributed by atoms with Crippen LogP contribution in [0.1, 0.15) is 18.9 Å². The first-order chi connectivity index (χ1) is 12.1. The van der Waals surface area contributed by atoms with Gasteiger partial charge in [-0.05, 0) is 36.1 Å². The number of nitrogens with one attached hydrogen (secondary N) is 2. The smallest absolute Gasteiger partial charge is 0.271 e. The van der Waals surface area contributed by atoms with Crippen molar-refractivity contribution in [3.8, 4) is 11.3 Å². The number of aromatic nitrogens is 2. The van der Waals surface area contributed by atoms with Gasteiger partial charge in [-0.15, -0.1) is 0 Å². The molecule has 1 aromatic carbocycles. The lowest BCUT2D eigenvalue weighted by atomic mass is 10.0. The van der Waals surface area contributed by atoms with Gasteiger partial charge >= 0.3 is 0 Å². The molecule has 1 aliphatic rings. The summed E-state index contributed by atoms with van der Waals surface area (Å²) in [6.07, 6.45) is 1.25. The van der Waals surface area contributed by atoms with Crippen LogP contribution in [-0.2, 0) is 6.42 Å². The molecule has 0 amide bonds. The van der Waals surface area contributed by atoms with Gasteiger partial charge in [0, 0.05) is 18.8 Å². The Labute approximate surface area is 147 Å². The Kier molecular flexibility index (Phi) is 3.97. The van der Waals surface area contributed by atoms with Crippen LogP contribution in [0.5, 0.6) is 0 Å². The van der Waals surface area contributed by atoms with Gasteiger partial charge in [-0.2, -0.15) is 0 Å². The fraction of sp³-hybridized carbons (Fsp3) is 0.333. The number of hydrogen-bond donors (Lipinski definition) is 3. The van der Waals surface area contributed by atoms with Crippen LogP contribution in [0, 0.1) is 0 Å². The Balaban J connectivity index is 1.79. The number of nitrogens with zero attached hydrogens (tertiary/aromatic N) is 1. The van der Waals surface area contributed by atoms with E-state index in [4.69, 9.17) is 0 Å². The molecule has 1 atom stereocenters. The molecule has 7 heteroatoms. The van der Waals surface area contributed by atoms with Crippen molar-refractivity contribution in [2.24, 2.45) is 0 Å². The molecule has 0 radical (unpaired) electrons. The van der Waals surface area contributed by atoms with Crippen LogP contribution in [0.4, 0.5) is 5.69 Å². The third-order valence-corrected chi connectivity index (χ3v) is 5.72. The van der Waals surface area contributed by atoms with Crippen LogP contribution in [0.15, 0.2) is 33.9 Å². The van der Waals surface area contributed by atoms with Gasteiger partial charge in [-0.3, -0.25) is 14.0 Å². The average molecular weight is 357 g/mol. The first kappa shape index (κ1) is 16.1. The third-order valence-electron chi connectivity index (χ3n) is 4.78. The summed E-state index contributed by atoms with van der Waals surface area (Å²) >= 11 is 1.22. The zero-order chi connectivity index (χ0) is 17.6. The number of aromatic amines is 2. The molecule has 25 heavy (non-hydrogen) atoms. The van der Waals surface area contributed by atoms with Crippen LogP contribution < -0.4 is 16.0 Å². The van der Waals surface area contributed by atoms with Gasteiger partial charge in [0.2, 0.25) is 0 Å². The molecule has 0 saturated carbocycles. The molecule has 1 fully saturated rings. The van der Waals surface area contributed by atoms with E-state index in [2.05, 4.69) is 14.3 Å². The average Bonchev–Trinajstić information content (AvgIpc) is 3.22. The summed E-state index contributed by atoms with van der Waals surface area (Å²) < 4.78 is 3.39. The number of H-pyrrole nitrogens is 2. The van der Waals surface area contributed by atoms with E-state index in [1.165, 1.54) is 11.5 Å². The first-order valence-electron chi connectivity index (χ1n) is 8.38. The first-order valence-corrected chi connectivity index (χ1v) is 9.20. The zero-order valence-electron chi connectivity index (χ0n) is 13.8. The number of benzene rings is 1. The van der Waals surface area contributed by atoms with Crippen LogP contribution in [-0.4, -0.2) is 33.7 Å². The largest absolute Gasteiger partial charge is 0.391 e. The lowest BCUT2D eigenvalue weighted by Crippen LogP contribution is -2.20. The highest BCUT2D eigenvalue weighted by Crippen LogP contribution is 2.30. The number of β-amino-alcohol motifs (C(OH)–C–C–N with tert-alkyl or cyclic N) is 1. The minimum atomic E-state index is -0.351. The molecule has 3 N–H and O–H groups in total. The van der Waals surface area contributed by atoms with E-state index in [9.17, 15) is 14.7 Å². The Bertz CT molecular complexity index is 1030. The Morgan fingerprint density at radius 1 is 1.24 bits per heavy atom. The van der Waals surface area contributed by atoms with Gasteiger partial charge in [0.05, 0.1) is 16.5 Å². The third kappa shape index (κ3) is 2.69. The summed E-state index contributed by atoms with van der Waals surface area (Å²) in [4.78, 5) is 29.2. The van der Waals surface area contributed by atoms with Crippen LogP contribution in [0.2, 0.25) is 0 Å². The summed E-state index contributed by atoms with van der Waals surface area (Å²) in [6.45, 7) is 3.52. The van der Waals surface area contributed by atoms with Crippen molar-refractivity contribution in [1.29, 1.82) is 0 Å². The number of hydrogen-bond acceptors (Lipinski definition) is 5. The molecule has 1 aliphatic heterocycles. The number of anilines is 1. The second kappa shape index (κ2) is 6.16. The predicted octanol–water partition coefficient (Wildman–Crippen LogP) is 2.08. The molecule has 1 unspecified atom stereocenters. The minimum absolute atomic E-state index is 0.216. The van der Waals surface area contributed by atoms with Crippen molar-refractivity contribution in [2.75, 3.05) is 18.0 Å². The van der Waals surface area contributed by atoms with Crippen molar-refractivity contribution in [1.82, 2.24) is 9.36 Å². The molecule has 0 spiro atoms. The quantitative estimate of drug-likeness (QED) is 0.669. The number of pyridine rings is 1. The van der Waals surface area contributed by atoms with E-state index >= 15 is 0 Å². The molecule has 4 rings (SSSR count). The van der Waals surface area contributed by atoms with Gasteiger partial charge in [-0.1, -0.05) is 30.6 Å². The maximum atomic E-state index is 12.3. The SMILES string of the molecule is CCc1c(-c2ccc(N3CCC(O)C3)cc2)[nH]c(=O)c2c(=O)[nH]sc12. The second-order valence-corrected chi connectivity index (χ2v) is 7.15. The van der Waals surface area contributed by atoms with Gasteiger partial charge in [-0.25, -0.2) is 0 Å². The van der Waals surface area contributed by atoms with E-state index in [0.717, 1.165) is 46.6 Å². The summed E-state index contributed by atoms with van der Waals surface area (Å²) in [7, 11) is 0. The number of fused-ring (bicyclic) bond motifs is 1. The monoisotopic (exact) mass is 357 g/mol. The van der Waals surface area contributed by atoms with E-state index in [-0.39, 0.29) is 22.6 Å². The molecular weight excluding hydrogens is 338 g/mol. The Morgan fingerprint density at radius 3 is 2.64 bits per heavy atom. The van der Waals surface area contributed by atoms with Crippen molar-refractivity contribution in [3.05, 3.63) is 50.5 Å². The highest BCUT2D eigenvalue weighted by Gasteiger charge is 2.21. The molecule has 0 bridgehead atoms. The lowest BCUT2D eigenvalue weighted by molar-refractivity contribution is 0.198. The van der Waals surface area contributed by atoms with E-state index in [1.807, 2.05) is 31.2 Å². The summed E-state index contributed by atoms with van der Waals surface area (Å²) in [5.41, 5.74) is 3.04. The molecule has 1 saturated heterocycles. The predicted molar refractivity (Wildman–Crippen MR) is 101 cm³/mol. The highest BCUT2D eigenvalue weighted by atomic mass is 32.1. The minimum Gasteiger partial charge on any atom is -0.391 e. The van der Waals surface area contributed by atoms with Crippen LogP contribution in [0.25, 0.3) is 21.3 Å². The number of aryl methyl sites for hydroxylation is 1. The van der Waals surface area contributed by atoms with Gasteiger partial charge in [0.25, 0.3) is 11.1 Å². The highest BCUT2D eigenvalue weighted by molar-refractivity contribution is 7.13. The molecule has 0 aliphatic carbocycles. The fourth-order valence-corrected chi connectivity index (χ4v) is 4.44. The van der Waals surface area contributed by atoms with Gasteiger partial charge < -0.3 is 15.0 Å². The standard InChI is InChI=1S/C18H19N3O3S/c1-2-13-15(19-17(23)14-16(13)25-20-18(14)24)10-3-5-11(6-4-10)21-8-7-12(22)9-21/h3-6,12,22H,2,7-9H2,1H3,(H,19,23)(H,20,24). The molecular formula is C18H19N3O3S. The Morgan fingerprint density at radius 2 is 2.00 bits per heavy atom. The van der Waals surface area contributed by atoms with Crippen molar-refractivity contribution in [2.45, 2.75) is 25.9 Å². The summed E-state index contributed by atoms with van der Waals surface area (Å²) in [5, 5.41) is 9.90. The summed E-state index contributed by atoms with van der Waals surface area (Å²) in [5.74, 6) is 0. The second-order valence-electron chi connectivity index (χ2n) is 6.33. The van der Waals surface area contributed by atoms with Crippen molar-refractivity contribution < 1.29 is 5.11 Å².